The third kappa shape index (κ3) is 1.58. The van der Waals surface area contributed by atoms with E-state index in [1.54, 1.807) is 0 Å². The summed E-state index contributed by atoms with van der Waals surface area (Å²) in [5.41, 5.74) is 2.26. The molecule has 0 unspecified atom stereocenters. The predicted molar refractivity (Wildman–Crippen MR) is 53.8 cm³/mol. The highest BCUT2D eigenvalue weighted by Crippen LogP contribution is 2.20. The Morgan fingerprint density at radius 2 is 2.15 bits per heavy atom. The van der Waals surface area contributed by atoms with Crippen LogP contribution in [0.2, 0.25) is 0 Å². The second kappa shape index (κ2) is 3.62. The second-order valence-electron chi connectivity index (χ2n) is 3.11. The highest BCUT2D eigenvalue weighted by atomic mass is 16.3. The van der Waals surface area contributed by atoms with Gasteiger partial charge in [0.25, 0.3) is 0 Å². The lowest BCUT2D eigenvalue weighted by Crippen LogP contribution is -2.09. The summed E-state index contributed by atoms with van der Waals surface area (Å²) in [4.78, 5) is 0. The van der Waals surface area contributed by atoms with Crippen LogP contribution in [0.15, 0.2) is 34.9 Å². The van der Waals surface area contributed by atoms with Gasteiger partial charge in [0.15, 0.2) is 0 Å². The van der Waals surface area contributed by atoms with Crippen LogP contribution in [0.1, 0.15) is 5.56 Å². The SMILES string of the molecule is CNCCc1coc2ccccc12. The van der Waals surface area contributed by atoms with Crippen LogP contribution in [0.3, 0.4) is 0 Å². The Morgan fingerprint density at radius 1 is 1.31 bits per heavy atom. The van der Waals surface area contributed by atoms with Crippen LogP contribution < -0.4 is 5.32 Å². The highest BCUT2D eigenvalue weighted by molar-refractivity contribution is 5.80. The maximum atomic E-state index is 5.42. The lowest BCUT2D eigenvalue weighted by atomic mass is 10.1. The normalized spacial score (nSPS) is 10.8. The Morgan fingerprint density at radius 3 is 3.00 bits per heavy atom. The average molecular weight is 175 g/mol. The molecule has 1 heterocycles. The largest absolute Gasteiger partial charge is 0.464 e. The smallest absolute Gasteiger partial charge is 0.134 e. The quantitative estimate of drug-likeness (QED) is 0.773. The zero-order valence-electron chi connectivity index (χ0n) is 7.71. The first-order valence-electron chi connectivity index (χ1n) is 4.51. The van der Waals surface area contributed by atoms with Crippen molar-refractivity contribution in [3.63, 3.8) is 0 Å². The summed E-state index contributed by atoms with van der Waals surface area (Å²) in [6, 6.07) is 8.14. The molecule has 0 spiro atoms. The Hall–Kier alpha value is -1.28. The van der Waals surface area contributed by atoms with Crippen molar-refractivity contribution in [3.8, 4) is 0 Å². The Bertz CT molecular complexity index is 392. The van der Waals surface area contributed by atoms with Gasteiger partial charge in [-0.15, -0.1) is 0 Å². The number of nitrogens with one attached hydrogen (secondary N) is 1. The van der Waals surface area contributed by atoms with E-state index >= 15 is 0 Å². The van der Waals surface area contributed by atoms with Gasteiger partial charge < -0.3 is 9.73 Å². The van der Waals surface area contributed by atoms with Gasteiger partial charge in [0, 0.05) is 5.39 Å². The van der Waals surface area contributed by atoms with Crippen LogP contribution in [0, 0.1) is 0 Å². The van der Waals surface area contributed by atoms with Gasteiger partial charge in [0.1, 0.15) is 5.58 Å². The molecule has 0 saturated carbocycles. The molecule has 0 atom stereocenters. The van der Waals surface area contributed by atoms with Crippen LogP contribution in [0.5, 0.6) is 0 Å². The molecule has 0 aliphatic carbocycles. The molecule has 0 bridgehead atoms. The summed E-state index contributed by atoms with van der Waals surface area (Å²) in [7, 11) is 1.96. The van der Waals surface area contributed by atoms with E-state index in [2.05, 4.69) is 11.4 Å². The zero-order valence-corrected chi connectivity index (χ0v) is 7.71. The first-order chi connectivity index (χ1) is 6.42. The van der Waals surface area contributed by atoms with E-state index in [1.807, 2.05) is 31.5 Å². The van der Waals surface area contributed by atoms with Crippen LogP contribution in [0.4, 0.5) is 0 Å². The number of hydrogen-bond donors (Lipinski definition) is 1. The number of fused-ring (bicyclic) bond motifs is 1. The topological polar surface area (TPSA) is 25.2 Å². The van der Waals surface area contributed by atoms with E-state index < -0.39 is 0 Å². The van der Waals surface area contributed by atoms with Crippen molar-refractivity contribution in [3.05, 3.63) is 36.1 Å². The molecule has 0 amide bonds. The van der Waals surface area contributed by atoms with E-state index in [1.165, 1.54) is 10.9 Å². The minimum absolute atomic E-state index is 0.980. The molecule has 0 aliphatic rings. The predicted octanol–water partition coefficient (Wildman–Crippen LogP) is 2.19. The summed E-state index contributed by atoms with van der Waals surface area (Å²) >= 11 is 0. The maximum Gasteiger partial charge on any atom is 0.134 e. The lowest BCUT2D eigenvalue weighted by molar-refractivity contribution is 0.609. The Labute approximate surface area is 77.6 Å². The first-order valence-corrected chi connectivity index (χ1v) is 4.51. The monoisotopic (exact) mass is 175 g/mol. The zero-order chi connectivity index (χ0) is 9.10. The average Bonchev–Trinajstić information content (AvgIpc) is 2.58. The van der Waals surface area contributed by atoms with Crippen LogP contribution in [-0.4, -0.2) is 13.6 Å². The molecule has 0 fully saturated rings. The standard InChI is InChI=1S/C11H13NO/c1-12-7-6-9-8-13-11-5-3-2-4-10(9)11/h2-5,8,12H,6-7H2,1H3. The number of furan rings is 1. The summed E-state index contributed by atoms with van der Waals surface area (Å²) in [6.45, 7) is 0.990. The van der Waals surface area contributed by atoms with E-state index in [9.17, 15) is 0 Å². The summed E-state index contributed by atoms with van der Waals surface area (Å²) in [5.74, 6) is 0. The van der Waals surface area contributed by atoms with Crippen molar-refractivity contribution in [2.24, 2.45) is 0 Å². The highest BCUT2D eigenvalue weighted by Gasteiger charge is 2.02. The third-order valence-corrected chi connectivity index (χ3v) is 2.21. The molecule has 1 aromatic carbocycles. The fourth-order valence-corrected chi connectivity index (χ4v) is 1.49. The molecule has 1 N–H and O–H groups in total. The number of hydrogen-bond acceptors (Lipinski definition) is 2. The first kappa shape index (κ1) is 8.32. The molecule has 2 rings (SSSR count). The molecule has 13 heavy (non-hydrogen) atoms. The summed E-state index contributed by atoms with van der Waals surface area (Å²) in [6.07, 6.45) is 2.87. The fourth-order valence-electron chi connectivity index (χ4n) is 1.49. The molecule has 0 saturated heterocycles. The molecule has 2 nitrogen and oxygen atoms in total. The third-order valence-electron chi connectivity index (χ3n) is 2.21. The fraction of sp³-hybridized carbons (Fsp3) is 0.273. The number of benzene rings is 1. The van der Waals surface area contributed by atoms with Gasteiger partial charge >= 0.3 is 0 Å². The summed E-state index contributed by atoms with van der Waals surface area (Å²) < 4.78 is 5.42. The molecular weight excluding hydrogens is 162 g/mol. The van der Waals surface area contributed by atoms with Gasteiger partial charge in [-0.25, -0.2) is 0 Å². The second-order valence-corrected chi connectivity index (χ2v) is 3.11. The number of rotatable bonds is 3. The van der Waals surface area contributed by atoms with E-state index in [-0.39, 0.29) is 0 Å². The molecule has 2 aromatic rings. The molecule has 68 valence electrons. The van der Waals surface area contributed by atoms with Gasteiger partial charge in [-0.05, 0) is 31.6 Å². The lowest BCUT2D eigenvalue weighted by Gasteiger charge is -1.95. The van der Waals surface area contributed by atoms with E-state index in [0.29, 0.717) is 0 Å². The van der Waals surface area contributed by atoms with Crippen molar-refractivity contribution < 1.29 is 4.42 Å². The molecule has 2 heteroatoms. The molecule has 1 aromatic heterocycles. The molecule has 0 aliphatic heterocycles. The number of likely N-dealkylation sites (N-methyl/N-ethyl adjacent to an activating group) is 1. The van der Waals surface area contributed by atoms with Gasteiger partial charge in [0.05, 0.1) is 6.26 Å². The van der Waals surface area contributed by atoms with E-state index in [0.717, 1.165) is 18.5 Å². The number of para-hydroxylation sites is 1. The Balaban J connectivity index is 2.35. The Kier molecular flexibility index (Phi) is 2.32. The van der Waals surface area contributed by atoms with E-state index in [4.69, 9.17) is 4.42 Å². The molecular formula is C11H13NO. The maximum absolute atomic E-state index is 5.42. The summed E-state index contributed by atoms with van der Waals surface area (Å²) in [5, 5.41) is 4.36. The van der Waals surface area contributed by atoms with Crippen molar-refractivity contribution in [1.29, 1.82) is 0 Å². The van der Waals surface area contributed by atoms with Crippen LogP contribution >= 0.6 is 0 Å². The van der Waals surface area contributed by atoms with Gasteiger partial charge in [0.2, 0.25) is 0 Å². The van der Waals surface area contributed by atoms with Crippen molar-refractivity contribution in [2.45, 2.75) is 6.42 Å². The van der Waals surface area contributed by atoms with Crippen molar-refractivity contribution in [1.82, 2.24) is 5.32 Å². The van der Waals surface area contributed by atoms with Crippen molar-refractivity contribution >= 4 is 11.0 Å². The van der Waals surface area contributed by atoms with Gasteiger partial charge in [-0.1, -0.05) is 18.2 Å². The minimum Gasteiger partial charge on any atom is -0.464 e. The van der Waals surface area contributed by atoms with Crippen molar-refractivity contribution in [2.75, 3.05) is 13.6 Å². The van der Waals surface area contributed by atoms with Gasteiger partial charge in [-0.2, -0.15) is 0 Å². The van der Waals surface area contributed by atoms with Crippen LogP contribution in [-0.2, 0) is 6.42 Å². The molecule has 0 radical (unpaired) electrons. The van der Waals surface area contributed by atoms with Crippen LogP contribution in [0.25, 0.3) is 11.0 Å². The minimum atomic E-state index is 0.980. The van der Waals surface area contributed by atoms with Gasteiger partial charge in [-0.3, -0.25) is 0 Å².